The summed E-state index contributed by atoms with van der Waals surface area (Å²) in [5.41, 5.74) is -0.0881. The molecule has 1 unspecified atom stereocenters. The summed E-state index contributed by atoms with van der Waals surface area (Å²) in [7, 11) is 1.27. The Hall–Kier alpha value is -1.49. The molecule has 0 spiro atoms. The molecule has 0 bridgehead atoms. The van der Waals surface area contributed by atoms with Gasteiger partial charge in [0.2, 0.25) is 0 Å². The maximum atomic E-state index is 13.3. The summed E-state index contributed by atoms with van der Waals surface area (Å²) in [5, 5.41) is 9.65. The number of carbonyl (C=O) groups excluding carboxylic acids is 1. The van der Waals surface area contributed by atoms with Gasteiger partial charge in [-0.3, -0.25) is 4.79 Å². The van der Waals surface area contributed by atoms with Gasteiger partial charge in [0.15, 0.2) is 0 Å². The summed E-state index contributed by atoms with van der Waals surface area (Å²) in [6.07, 6.45) is -0.445. The summed E-state index contributed by atoms with van der Waals surface area (Å²) in [5.74, 6) is -1.65. The van der Waals surface area contributed by atoms with Crippen LogP contribution in [-0.2, 0) is 9.53 Å². The van der Waals surface area contributed by atoms with Crippen LogP contribution in [-0.4, -0.2) is 18.2 Å². The molecule has 0 heterocycles. The fourth-order valence-electron chi connectivity index (χ4n) is 1.47. The largest absolute Gasteiger partial charge is 0.469 e. The van der Waals surface area contributed by atoms with E-state index in [-0.39, 0.29) is 18.4 Å². The van der Waals surface area contributed by atoms with Crippen LogP contribution in [0.3, 0.4) is 0 Å². The number of rotatable bonds is 5. The average Bonchev–Trinajstić information content (AvgIpc) is 2.31. The zero-order valence-electron chi connectivity index (χ0n) is 9.45. The highest BCUT2D eigenvalue weighted by molar-refractivity contribution is 5.68. The number of halogens is 2. The van der Waals surface area contributed by atoms with Crippen molar-refractivity contribution in [2.75, 3.05) is 7.11 Å². The molecule has 0 saturated heterocycles. The summed E-state index contributed by atoms with van der Waals surface area (Å²) in [4.78, 5) is 10.8. The Morgan fingerprint density at radius 1 is 1.47 bits per heavy atom. The minimum absolute atomic E-state index is 0.0881. The molecule has 1 N–H and O–H groups in total. The van der Waals surface area contributed by atoms with E-state index in [2.05, 4.69) is 4.74 Å². The van der Waals surface area contributed by atoms with Crippen LogP contribution in [0.2, 0.25) is 0 Å². The smallest absolute Gasteiger partial charge is 0.305 e. The first-order valence-electron chi connectivity index (χ1n) is 5.24. The number of hydrogen-bond donors (Lipinski definition) is 1. The van der Waals surface area contributed by atoms with Gasteiger partial charge in [0.25, 0.3) is 0 Å². The van der Waals surface area contributed by atoms with Crippen molar-refractivity contribution in [2.24, 2.45) is 0 Å². The Balaban J connectivity index is 2.54. The van der Waals surface area contributed by atoms with Gasteiger partial charge in [0, 0.05) is 12.0 Å². The Morgan fingerprint density at radius 3 is 2.82 bits per heavy atom. The normalized spacial score (nSPS) is 12.2. The van der Waals surface area contributed by atoms with Crippen molar-refractivity contribution < 1.29 is 23.4 Å². The molecule has 0 fully saturated rings. The van der Waals surface area contributed by atoms with Crippen LogP contribution >= 0.6 is 0 Å². The van der Waals surface area contributed by atoms with Crippen molar-refractivity contribution in [1.82, 2.24) is 0 Å². The Bertz CT molecular complexity index is 393. The zero-order chi connectivity index (χ0) is 12.8. The molecule has 0 aliphatic heterocycles. The molecule has 1 atom stereocenters. The van der Waals surface area contributed by atoms with Crippen LogP contribution in [0, 0.1) is 11.6 Å². The monoisotopic (exact) mass is 244 g/mol. The number of carbonyl (C=O) groups is 1. The van der Waals surface area contributed by atoms with Gasteiger partial charge >= 0.3 is 5.97 Å². The van der Waals surface area contributed by atoms with E-state index in [1.165, 1.54) is 7.11 Å². The topological polar surface area (TPSA) is 46.5 Å². The lowest BCUT2D eigenvalue weighted by Gasteiger charge is -2.11. The SMILES string of the molecule is COC(=O)CCCC(O)c1cc(F)ccc1F. The third-order valence-corrected chi connectivity index (χ3v) is 2.40. The van der Waals surface area contributed by atoms with Crippen LogP contribution in [0.5, 0.6) is 0 Å². The minimum atomic E-state index is -1.12. The van der Waals surface area contributed by atoms with Crippen LogP contribution in [0.25, 0.3) is 0 Å². The quantitative estimate of drug-likeness (QED) is 0.809. The van der Waals surface area contributed by atoms with Crippen LogP contribution in [0.4, 0.5) is 8.78 Å². The van der Waals surface area contributed by atoms with Crippen LogP contribution in [0.15, 0.2) is 18.2 Å². The van der Waals surface area contributed by atoms with E-state index in [4.69, 9.17) is 0 Å². The summed E-state index contributed by atoms with van der Waals surface area (Å²) < 4.78 is 30.5. The maximum absolute atomic E-state index is 13.3. The maximum Gasteiger partial charge on any atom is 0.305 e. The molecular formula is C12H14F2O3. The number of methoxy groups -OCH3 is 1. The Labute approximate surface area is 98.0 Å². The van der Waals surface area contributed by atoms with Gasteiger partial charge < -0.3 is 9.84 Å². The standard InChI is InChI=1S/C12H14F2O3/c1-17-12(16)4-2-3-11(15)9-7-8(13)5-6-10(9)14/h5-7,11,15H,2-4H2,1H3. The summed E-state index contributed by atoms with van der Waals surface area (Å²) in [6.45, 7) is 0. The Morgan fingerprint density at radius 2 is 2.18 bits per heavy atom. The second-order valence-electron chi connectivity index (χ2n) is 3.65. The highest BCUT2D eigenvalue weighted by atomic mass is 19.1. The van der Waals surface area contributed by atoms with Crippen molar-refractivity contribution in [3.05, 3.63) is 35.4 Å². The fraction of sp³-hybridized carbons (Fsp3) is 0.417. The number of aliphatic hydroxyl groups is 1. The predicted molar refractivity (Wildman–Crippen MR) is 57.2 cm³/mol. The second kappa shape index (κ2) is 6.30. The molecule has 1 aromatic carbocycles. The molecule has 1 aromatic rings. The molecule has 0 aromatic heterocycles. The Kier molecular flexibility index (Phi) is 5.03. The molecule has 3 nitrogen and oxygen atoms in total. The molecule has 0 aliphatic rings. The van der Waals surface area contributed by atoms with E-state index in [9.17, 15) is 18.7 Å². The third kappa shape index (κ3) is 4.11. The van der Waals surface area contributed by atoms with E-state index in [0.717, 1.165) is 18.2 Å². The van der Waals surface area contributed by atoms with Gasteiger partial charge in [-0.15, -0.1) is 0 Å². The van der Waals surface area contributed by atoms with Crippen molar-refractivity contribution >= 4 is 5.97 Å². The van der Waals surface area contributed by atoms with E-state index in [1.54, 1.807) is 0 Å². The third-order valence-electron chi connectivity index (χ3n) is 2.40. The lowest BCUT2D eigenvalue weighted by Crippen LogP contribution is -2.04. The molecule has 1 rings (SSSR count). The number of aliphatic hydroxyl groups excluding tert-OH is 1. The molecule has 0 amide bonds. The van der Waals surface area contributed by atoms with Crippen LogP contribution < -0.4 is 0 Å². The summed E-state index contributed by atoms with van der Waals surface area (Å²) in [6, 6.07) is 2.91. The minimum Gasteiger partial charge on any atom is -0.469 e. The van der Waals surface area contributed by atoms with Crippen molar-refractivity contribution in [3.8, 4) is 0 Å². The van der Waals surface area contributed by atoms with E-state index in [0.29, 0.717) is 6.42 Å². The van der Waals surface area contributed by atoms with Gasteiger partial charge in [-0.05, 0) is 31.0 Å². The predicted octanol–water partition coefficient (Wildman–Crippen LogP) is 2.34. The molecule has 0 aliphatic carbocycles. The van der Waals surface area contributed by atoms with E-state index < -0.39 is 23.7 Å². The van der Waals surface area contributed by atoms with Crippen LogP contribution in [0.1, 0.15) is 30.9 Å². The average molecular weight is 244 g/mol. The van der Waals surface area contributed by atoms with Gasteiger partial charge in [0.05, 0.1) is 13.2 Å². The summed E-state index contributed by atoms with van der Waals surface area (Å²) >= 11 is 0. The first kappa shape index (κ1) is 13.6. The first-order valence-corrected chi connectivity index (χ1v) is 5.24. The van der Waals surface area contributed by atoms with E-state index >= 15 is 0 Å². The number of benzene rings is 1. The van der Waals surface area contributed by atoms with E-state index in [1.807, 2.05) is 0 Å². The van der Waals surface area contributed by atoms with Crippen molar-refractivity contribution in [3.63, 3.8) is 0 Å². The number of hydrogen-bond acceptors (Lipinski definition) is 3. The highest BCUT2D eigenvalue weighted by Crippen LogP contribution is 2.22. The van der Waals surface area contributed by atoms with Crippen molar-refractivity contribution in [1.29, 1.82) is 0 Å². The molecule has 17 heavy (non-hydrogen) atoms. The lowest BCUT2D eigenvalue weighted by atomic mass is 10.0. The van der Waals surface area contributed by atoms with Gasteiger partial charge in [-0.2, -0.15) is 0 Å². The first-order chi connectivity index (χ1) is 8.04. The molecule has 0 radical (unpaired) electrons. The number of ether oxygens (including phenoxy) is 1. The molecular weight excluding hydrogens is 230 g/mol. The molecule has 5 heteroatoms. The lowest BCUT2D eigenvalue weighted by molar-refractivity contribution is -0.140. The van der Waals surface area contributed by atoms with Gasteiger partial charge in [0.1, 0.15) is 11.6 Å². The molecule has 0 saturated carbocycles. The molecule has 94 valence electrons. The fourth-order valence-corrected chi connectivity index (χ4v) is 1.47. The zero-order valence-corrected chi connectivity index (χ0v) is 9.45. The second-order valence-corrected chi connectivity index (χ2v) is 3.65. The highest BCUT2D eigenvalue weighted by Gasteiger charge is 2.14. The van der Waals surface area contributed by atoms with Gasteiger partial charge in [-0.25, -0.2) is 8.78 Å². The number of esters is 1. The van der Waals surface area contributed by atoms with Gasteiger partial charge in [-0.1, -0.05) is 0 Å². The van der Waals surface area contributed by atoms with Crippen molar-refractivity contribution in [2.45, 2.75) is 25.4 Å².